The second kappa shape index (κ2) is 6.30. The molecule has 6 heteroatoms. The highest BCUT2D eigenvalue weighted by atomic mass is 16.5. The van der Waals surface area contributed by atoms with E-state index in [1.165, 1.54) is 38.3 Å². The van der Waals surface area contributed by atoms with Gasteiger partial charge in [0.15, 0.2) is 0 Å². The summed E-state index contributed by atoms with van der Waals surface area (Å²) in [7, 11) is 0. The number of hydroxylamine groups is 1. The zero-order valence-electron chi connectivity index (χ0n) is 15.0. The number of anilines is 1. The van der Waals surface area contributed by atoms with Gasteiger partial charge in [-0.1, -0.05) is 0 Å². The summed E-state index contributed by atoms with van der Waals surface area (Å²) >= 11 is 0. The summed E-state index contributed by atoms with van der Waals surface area (Å²) in [4.78, 5) is 28.9. The number of nitrogens with one attached hydrogen (secondary N) is 2. The maximum absolute atomic E-state index is 13.0. The van der Waals surface area contributed by atoms with E-state index in [0.29, 0.717) is 11.8 Å². The minimum Gasteiger partial charge on any atom is -0.326 e. The molecule has 140 valence electrons. The van der Waals surface area contributed by atoms with Crippen LogP contribution < -0.4 is 10.8 Å². The van der Waals surface area contributed by atoms with E-state index >= 15 is 0 Å². The van der Waals surface area contributed by atoms with Crippen LogP contribution in [0.2, 0.25) is 0 Å². The van der Waals surface area contributed by atoms with Gasteiger partial charge in [0.1, 0.15) is 0 Å². The number of hydrogen-bond acceptors (Lipinski definition) is 4. The van der Waals surface area contributed by atoms with Gasteiger partial charge < -0.3 is 5.32 Å². The Balaban J connectivity index is 1.37. The number of fused-ring (bicyclic) bond motifs is 1. The van der Waals surface area contributed by atoms with E-state index in [2.05, 4.69) is 10.3 Å². The molecule has 4 saturated carbocycles. The molecule has 0 atom stereocenters. The third-order valence-electron chi connectivity index (χ3n) is 6.84. The Morgan fingerprint density at radius 3 is 2.37 bits per heavy atom. The largest absolute Gasteiger partial charge is 0.326 e. The quantitative estimate of drug-likeness (QED) is 0.574. The molecular weight excluding hydrogens is 342 g/mol. The van der Waals surface area contributed by atoms with Crippen LogP contribution in [-0.4, -0.2) is 22.0 Å². The van der Waals surface area contributed by atoms with Crippen LogP contribution in [-0.2, 0) is 4.79 Å². The summed E-state index contributed by atoms with van der Waals surface area (Å²) in [6, 6.07) is 7.19. The lowest BCUT2D eigenvalue weighted by Gasteiger charge is -2.53. The average Bonchev–Trinajstić information content (AvgIpc) is 2.66. The summed E-state index contributed by atoms with van der Waals surface area (Å²) in [5.74, 6) is 2.45. The molecular formula is C21H23N3O3. The molecule has 4 aliphatic rings. The van der Waals surface area contributed by atoms with Crippen molar-refractivity contribution in [1.29, 1.82) is 0 Å². The molecule has 3 N–H and O–H groups in total. The molecule has 0 spiro atoms. The predicted octanol–water partition coefficient (Wildman–Crippen LogP) is 3.36. The molecule has 0 unspecified atom stereocenters. The van der Waals surface area contributed by atoms with Gasteiger partial charge in [-0.05, 0) is 80.0 Å². The second-order valence-electron chi connectivity index (χ2n) is 8.52. The normalized spacial score (nSPS) is 31.1. The van der Waals surface area contributed by atoms with Crippen molar-refractivity contribution >= 4 is 28.4 Å². The number of benzene rings is 1. The third kappa shape index (κ3) is 2.88. The van der Waals surface area contributed by atoms with Crippen LogP contribution in [0.4, 0.5) is 5.69 Å². The summed E-state index contributed by atoms with van der Waals surface area (Å²) < 4.78 is 0. The predicted molar refractivity (Wildman–Crippen MR) is 100 cm³/mol. The number of nitrogens with zero attached hydrogens (tertiary/aromatic N) is 1. The fourth-order valence-corrected chi connectivity index (χ4v) is 5.98. The fourth-order valence-electron chi connectivity index (χ4n) is 5.98. The molecule has 1 aromatic heterocycles. The SMILES string of the molecule is O=C(NO)c1cnc2ccc(NC(=O)C3C4CC5CC(C4)CC3C5)cc2c1. The lowest BCUT2D eigenvalue weighted by Crippen LogP contribution is -2.49. The maximum atomic E-state index is 13.0. The molecule has 27 heavy (non-hydrogen) atoms. The number of aromatic nitrogens is 1. The van der Waals surface area contributed by atoms with Gasteiger partial charge in [0.05, 0.1) is 11.1 Å². The number of rotatable bonds is 3. The molecule has 6 rings (SSSR count). The van der Waals surface area contributed by atoms with Gasteiger partial charge in [0, 0.05) is 23.2 Å². The van der Waals surface area contributed by atoms with E-state index in [0.717, 1.165) is 28.4 Å². The van der Waals surface area contributed by atoms with Gasteiger partial charge in [-0.2, -0.15) is 0 Å². The highest BCUT2D eigenvalue weighted by Gasteiger charge is 2.50. The summed E-state index contributed by atoms with van der Waals surface area (Å²) in [5, 5.41) is 12.7. The van der Waals surface area contributed by atoms with Gasteiger partial charge in [-0.25, -0.2) is 5.48 Å². The zero-order chi connectivity index (χ0) is 18.5. The van der Waals surface area contributed by atoms with Crippen LogP contribution in [0.1, 0.15) is 42.5 Å². The second-order valence-corrected chi connectivity index (χ2v) is 8.52. The third-order valence-corrected chi connectivity index (χ3v) is 6.84. The lowest BCUT2D eigenvalue weighted by molar-refractivity contribution is -0.132. The maximum Gasteiger partial charge on any atom is 0.276 e. The van der Waals surface area contributed by atoms with Crippen molar-refractivity contribution in [2.75, 3.05) is 5.32 Å². The first-order chi connectivity index (χ1) is 13.1. The van der Waals surface area contributed by atoms with E-state index in [4.69, 9.17) is 5.21 Å². The molecule has 0 aliphatic heterocycles. The number of hydrogen-bond donors (Lipinski definition) is 3. The van der Waals surface area contributed by atoms with Crippen LogP contribution in [0.15, 0.2) is 30.5 Å². The Morgan fingerprint density at radius 2 is 1.70 bits per heavy atom. The molecule has 1 aromatic carbocycles. The molecule has 4 aliphatic carbocycles. The summed E-state index contributed by atoms with van der Waals surface area (Å²) in [6.45, 7) is 0. The first-order valence-electron chi connectivity index (χ1n) is 9.76. The highest BCUT2D eigenvalue weighted by molar-refractivity contribution is 5.99. The van der Waals surface area contributed by atoms with Crippen LogP contribution in [0, 0.1) is 29.6 Å². The van der Waals surface area contributed by atoms with Crippen molar-refractivity contribution in [2.45, 2.75) is 32.1 Å². The van der Waals surface area contributed by atoms with Crippen LogP contribution in [0.25, 0.3) is 10.9 Å². The molecule has 4 bridgehead atoms. The van der Waals surface area contributed by atoms with E-state index < -0.39 is 5.91 Å². The van der Waals surface area contributed by atoms with Crippen molar-refractivity contribution in [3.8, 4) is 0 Å². The van der Waals surface area contributed by atoms with E-state index in [9.17, 15) is 9.59 Å². The smallest absolute Gasteiger partial charge is 0.276 e. The Kier molecular flexibility index (Phi) is 3.90. The molecule has 6 nitrogen and oxygen atoms in total. The Bertz CT molecular complexity index is 898. The topological polar surface area (TPSA) is 91.3 Å². The zero-order valence-corrected chi connectivity index (χ0v) is 15.0. The van der Waals surface area contributed by atoms with E-state index in [1.54, 1.807) is 11.5 Å². The number of pyridine rings is 1. The average molecular weight is 365 g/mol. The van der Waals surface area contributed by atoms with Gasteiger partial charge in [0.2, 0.25) is 5.91 Å². The van der Waals surface area contributed by atoms with Crippen molar-refractivity contribution in [2.24, 2.45) is 29.6 Å². The summed E-state index contributed by atoms with van der Waals surface area (Å²) in [6.07, 6.45) is 7.65. The molecule has 4 fully saturated rings. The molecule has 2 amide bonds. The van der Waals surface area contributed by atoms with Crippen molar-refractivity contribution in [3.63, 3.8) is 0 Å². The van der Waals surface area contributed by atoms with Crippen LogP contribution in [0.3, 0.4) is 0 Å². The minimum absolute atomic E-state index is 0.137. The van der Waals surface area contributed by atoms with Crippen LogP contribution >= 0.6 is 0 Å². The van der Waals surface area contributed by atoms with Crippen LogP contribution in [0.5, 0.6) is 0 Å². The fraction of sp³-hybridized carbons (Fsp3) is 0.476. The minimum atomic E-state index is -0.604. The Morgan fingerprint density at radius 1 is 1.00 bits per heavy atom. The van der Waals surface area contributed by atoms with E-state index in [-0.39, 0.29) is 17.4 Å². The molecule has 1 heterocycles. The highest BCUT2D eigenvalue weighted by Crippen LogP contribution is 2.56. The summed E-state index contributed by atoms with van der Waals surface area (Å²) in [5.41, 5.74) is 3.35. The Labute approximate surface area is 157 Å². The molecule has 0 radical (unpaired) electrons. The van der Waals surface area contributed by atoms with E-state index in [1.807, 2.05) is 18.2 Å². The van der Waals surface area contributed by atoms with Crippen molar-refractivity contribution in [1.82, 2.24) is 10.5 Å². The molecule has 2 aromatic rings. The lowest BCUT2D eigenvalue weighted by atomic mass is 9.51. The van der Waals surface area contributed by atoms with Crippen molar-refractivity contribution in [3.05, 3.63) is 36.0 Å². The van der Waals surface area contributed by atoms with Crippen molar-refractivity contribution < 1.29 is 14.8 Å². The van der Waals surface area contributed by atoms with Gasteiger partial charge in [-0.3, -0.25) is 19.8 Å². The first kappa shape index (κ1) is 16.7. The van der Waals surface area contributed by atoms with Gasteiger partial charge >= 0.3 is 0 Å². The standard InChI is InChI=1S/C21H23N3O3/c25-20(24-27)16-8-13-9-17(1-2-18(13)22-10-16)23-21(26)19-14-4-11-3-12(6-14)7-15(19)5-11/h1-2,8-12,14-15,19,27H,3-7H2,(H,23,26)(H,24,25). The van der Waals surface area contributed by atoms with Gasteiger partial charge in [-0.15, -0.1) is 0 Å². The van der Waals surface area contributed by atoms with Gasteiger partial charge in [0.25, 0.3) is 5.91 Å². The molecule has 0 saturated heterocycles. The number of carbonyl (C=O) groups excluding carboxylic acids is 2. The Hall–Kier alpha value is -2.47. The first-order valence-corrected chi connectivity index (χ1v) is 9.76. The monoisotopic (exact) mass is 365 g/mol. The number of carbonyl (C=O) groups is 2. The number of amides is 2.